The number of fused-ring (bicyclic) bond motifs is 1. The smallest absolute Gasteiger partial charge is 0.162 e. The summed E-state index contributed by atoms with van der Waals surface area (Å²) < 4.78 is 1.26. The quantitative estimate of drug-likeness (QED) is 0.577. The fourth-order valence-corrected chi connectivity index (χ4v) is 3.47. The Bertz CT molecular complexity index is 931. The number of rotatable bonds is 4. The van der Waals surface area contributed by atoms with Gasteiger partial charge in [0.25, 0.3) is 0 Å². The lowest BCUT2D eigenvalue weighted by Crippen LogP contribution is -2.02. The van der Waals surface area contributed by atoms with Crippen LogP contribution >= 0.6 is 11.3 Å². The average molecular weight is 317 g/mol. The molecule has 4 heteroatoms. The summed E-state index contributed by atoms with van der Waals surface area (Å²) in [6.07, 6.45) is 1.81. The second-order valence-electron chi connectivity index (χ2n) is 5.25. The third-order valence-corrected chi connectivity index (χ3v) is 4.66. The second kappa shape index (κ2) is 6.18. The summed E-state index contributed by atoms with van der Waals surface area (Å²) in [7, 11) is 0. The van der Waals surface area contributed by atoms with Gasteiger partial charge < -0.3 is 5.32 Å². The van der Waals surface area contributed by atoms with Crippen LogP contribution in [-0.4, -0.2) is 9.97 Å². The van der Waals surface area contributed by atoms with E-state index >= 15 is 0 Å². The van der Waals surface area contributed by atoms with Crippen LogP contribution < -0.4 is 5.32 Å². The van der Waals surface area contributed by atoms with Gasteiger partial charge in [-0.1, -0.05) is 48.5 Å². The van der Waals surface area contributed by atoms with Crippen molar-refractivity contribution in [3.63, 3.8) is 0 Å². The van der Waals surface area contributed by atoms with E-state index in [2.05, 4.69) is 57.1 Å². The number of nitrogens with one attached hydrogen (secondary N) is 1. The van der Waals surface area contributed by atoms with Gasteiger partial charge in [0.15, 0.2) is 5.82 Å². The highest BCUT2D eigenvalue weighted by atomic mass is 32.1. The van der Waals surface area contributed by atoms with Gasteiger partial charge in [-0.2, -0.15) is 0 Å². The Morgan fingerprint density at radius 1 is 0.913 bits per heavy atom. The van der Waals surface area contributed by atoms with Crippen LogP contribution in [0.1, 0.15) is 5.56 Å². The molecule has 0 aliphatic carbocycles. The van der Waals surface area contributed by atoms with Gasteiger partial charge >= 0.3 is 0 Å². The number of hydrogen-bond acceptors (Lipinski definition) is 4. The molecule has 4 aromatic rings. The first-order chi connectivity index (χ1) is 11.4. The first-order valence-electron chi connectivity index (χ1n) is 7.47. The van der Waals surface area contributed by atoms with Crippen molar-refractivity contribution in [2.45, 2.75) is 6.54 Å². The molecule has 0 fully saturated rings. The molecule has 0 saturated heterocycles. The molecule has 0 spiro atoms. The zero-order valence-electron chi connectivity index (χ0n) is 12.4. The molecule has 2 aromatic heterocycles. The molecule has 3 nitrogen and oxygen atoms in total. The first-order valence-corrected chi connectivity index (χ1v) is 8.35. The molecular formula is C19H15N3S. The molecule has 0 atom stereocenters. The van der Waals surface area contributed by atoms with Crippen molar-refractivity contribution < 1.29 is 0 Å². The highest BCUT2D eigenvalue weighted by Crippen LogP contribution is 2.32. The topological polar surface area (TPSA) is 37.8 Å². The molecule has 0 bridgehead atoms. The first kappa shape index (κ1) is 13.9. The summed E-state index contributed by atoms with van der Waals surface area (Å²) in [5.41, 5.74) is 2.32. The van der Waals surface area contributed by atoms with Crippen molar-refractivity contribution in [3.8, 4) is 11.4 Å². The minimum absolute atomic E-state index is 0.752. The van der Waals surface area contributed by atoms with Gasteiger partial charge in [0.1, 0.15) is 5.82 Å². The summed E-state index contributed by atoms with van der Waals surface area (Å²) in [6.45, 7) is 0.752. The van der Waals surface area contributed by atoms with Crippen LogP contribution in [0.4, 0.5) is 5.82 Å². The van der Waals surface area contributed by atoms with Gasteiger partial charge in [0, 0.05) is 33.8 Å². The number of thiophene rings is 1. The van der Waals surface area contributed by atoms with Gasteiger partial charge in [-0.3, -0.25) is 0 Å². The molecule has 0 aliphatic heterocycles. The summed E-state index contributed by atoms with van der Waals surface area (Å²) in [6, 6.07) is 20.6. The summed E-state index contributed by atoms with van der Waals surface area (Å²) in [5, 5.41) is 6.70. The monoisotopic (exact) mass is 317 g/mol. The van der Waals surface area contributed by atoms with Crippen LogP contribution in [0.25, 0.3) is 21.5 Å². The highest BCUT2D eigenvalue weighted by molar-refractivity contribution is 7.17. The zero-order valence-corrected chi connectivity index (χ0v) is 13.3. The van der Waals surface area contributed by atoms with E-state index in [1.807, 2.05) is 30.5 Å². The standard InChI is InChI=1S/C19H15N3S/c1-2-6-14(7-3-1)12-21-18-10-11-20-19(22-18)16-13-23-17-9-5-4-8-15(16)17/h1-11,13H,12H2,(H,20,21,22). The molecule has 112 valence electrons. The van der Waals surface area contributed by atoms with Gasteiger partial charge in [0.05, 0.1) is 0 Å². The lowest BCUT2D eigenvalue weighted by molar-refractivity contribution is 1.09. The zero-order chi connectivity index (χ0) is 15.5. The van der Waals surface area contributed by atoms with Gasteiger partial charge in [-0.25, -0.2) is 9.97 Å². The third kappa shape index (κ3) is 2.94. The molecule has 0 unspecified atom stereocenters. The number of benzene rings is 2. The number of anilines is 1. The molecule has 2 aromatic carbocycles. The molecule has 2 heterocycles. The number of hydrogen-bond donors (Lipinski definition) is 1. The fraction of sp³-hybridized carbons (Fsp3) is 0.0526. The van der Waals surface area contributed by atoms with Gasteiger partial charge in [-0.05, 0) is 17.7 Å². The van der Waals surface area contributed by atoms with Gasteiger partial charge in [-0.15, -0.1) is 11.3 Å². The van der Waals surface area contributed by atoms with Crippen LogP contribution in [0.2, 0.25) is 0 Å². The molecule has 1 N–H and O–H groups in total. The predicted molar refractivity (Wildman–Crippen MR) is 96.6 cm³/mol. The SMILES string of the molecule is c1ccc(CNc2ccnc(-c3csc4ccccc34)n2)cc1. The number of aromatic nitrogens is 2. The molecule has 0 saturated carbocycles. The second-order valence-corrected chi connectivity index (χ2v) is 6.16. The van der Waals surface area contributed by atoms with Crippen molar-refractivity contribution >= 4 is 27.2 Å². The minimum Gasteiger partial charge on any atom is -0.366 e. The van der Waals surface area contributed by atoms with Crippen LogP contribution in [-0.2, 0) is 6.54 Å². The molecule has 4 rings (SSSR count). The Hall–Kier alpha value is -2.72. The van der Waals surface area contributed by atoms with E-state index in [9.17, 15) is 0 Å². The van der Waals surface area contributed by atoms with E-state index in [1.165, 1.54) is 15.6 Å². The Kier molecular flexibility index (Phi) is 3.74. The fourth-order valence-electron chi connectivity index (χ4n) is 2.53. The highest BCUT2D eigenvalue weighted by Gasteiger charge is 2.09. The molecular weight excluding hydrogens is 302 g/mol. The summed E-state index contributed by atoms with van der Waals surface area (Å²) in [4.78, 5) is 9.11. The predicted octanol–water partition coefficient (Wildman–Crippen LogP) is 4.97. The Balaban J connectivity index is 1.61. The molecule has 0 radical (unpaired) electrons. The summed E-state index contributed by atoms with van der Waals surface area (Å²) in [5.74, 6) is 1.61. The molecule has 0 aliphatic rings. The van der Waals surface area contributed by atoms with E-state index < -0.39 is 0 Å². The lowest BCUT2D eigenvalue weighted by Gasteiger charge is -2.07. The van der Waals surface area contributed by atoms with Crippen molar-refractivity contribution in [1.82, 2.24) is 9.97 Å². The Labute approximate surface area is 138 Å². The maximum Gasteiger partial charge on any atom is 0.162 e. The van der Waals surface area contributed by atoms with E-state index in [1.54, 1.807) is 11.3 Å². The van der Waals surface area contributed by atoms with Crippen molar-refractivity contribution in [2.24, 2.45) is 0 Å². The largest absolute Gasteiger partial charge is 0.366 e. The van der Waals surface area contributed by atoms with E-state index in [-0.39, 0.29) is 0 Å². The molecule has 0 amide bonds. The maximum atomic E-state index is 4.66. The maximum absolute atomic E-state index is 4.66. The summed E-state index contributed by atoms with van der Waals surface area (Å²) >= 11 is 1.72. The molecule has 23 heavy (non-hydrogen) atoms. The Morgan fingerprint density at radius 3 is 2.65 bits per heavy atom. The normalized spacial score (nSPS) is 10.8. The van der Waals surface area contributed by atoms with Gasteiger partial charge in [0.2, 0.25) is 0 Å². The van der Waals surface area contributed by atoms with Crippen LogP contribution in [0, 0.1) is 0 Å². The van der Waals surface area contributed by atoms with Crippen LogP contribution in [0.15, 0.2) is 72.2 Å². The minimum atomic E-state index is 0.752. The lowest BCUT2D eigenvalue weighted by atomic mass is 10.1. The van der Waals surface area contributed by atoms with Crippen molar-refractivity contribution in [3.05, 3.63) is 77.8 Å². The number of nitrogens with zero attached hydrogens (tertiary/aromatic N) is 2. The van der Waals surface area contributed by atoms with Crippen LogP contribution in [0.5, 0.6) is 0 Å². The average Bonchev–Trinajstić information content (AvgIpc) is 3.05. The van der Waals surface area contributed by atoms with Crippen LogP contribution in [0.3, 0.4) is 0 Å². The van der Waals surface area contributed by atoms with Crippen molar-refractivity contribution in [2.75, 3.05) is 5.32 Å². The van der Waals surface area contributed by atoms with E-state index in [0.717, 1.165) is 23.8 Å². The Morgan fingerprint density at radius 2 is 1.74 bits per heavy atom. The van der Waals surface area contributed by atoms with E-state index in [4.69, 9.17) is 0 Å². The van der Waals surface area contributed by atoms with Crippen molar-refractivity contribution in [1.29, 1.82) is 0 Å². The van der Waals surface area contributed by atoms with E-state index in [0.29, 0.717) is 0 Å². The third-order valence-electron chi connectivity index (χ3n) is 3.69.